The number of carbonyl (C=O) groups is 2. The number of carboxylic acid groups (broad SMARTS) is 1. The molecule has 1 rings (SSSR count). The Hall–Kier alpha value is -1.56. The topological polar surface area (TPSA) is 78.4 Å². The van der Waals surface area contributed by atoms with Gasteiger partial charge in [0.05, 0.1) is 6.04 Å². The Morgan fingerprint density at radius 3 is 2.67 bits per heavy atom. The predicted octanol–water partition coefficient (Wildman–Crippen LogP) is 3.31. The van der Waals surface area contributed by atoms with Gasteiger partial charge in [-0.2, -0.15) is 0 Å². The van der Waals surface area contributed by atoms with Crippen LogP contribution >= 0.6 is 15.9 Å². The van der Waals surface area contributed by atoms with Crippen LogP contribution in [0.5, 0.6) is 0 Å². The molecule has 0 spiro atoms. The molecule has 0 bridgehead atoms. The van der Waals surface area contributed by atoms with Gasteiger partial charge in [-0.3, -0.25) is 4.79 Å². The second kappa shape index (κ2) is 8.67. The van der Waals surface area contributed by atoms with E-state index >= 15 is 0 Å². The van der Waals surface area contributed by atoms with E-state index in [1.807, 2.05) is 38.1 Å². The van der Waals surface area contributed by atoms with Crippen molar-refractivity contribution in [2.24, 2.45) is 5.92 Å². The molecule has 0 aromatic heterocycles. The van der Waals surface area contributed by atoms with Gasteiger partial charge < -0.3 is 15.7 Å². The highest BCUT2D eigenvalue weighted by atomic mass is 79.9. The standard InChI is InChI=1S/C15H21BrN2O3/c1-10(6-7-14(19)20)9-17-15(21)18-11(2)12-4-3-5-13(16)8-12/h3-5,8,10-11H,6-7,9H2,1-2H3,(H,19,20)(H2,17,18,21). The Morgan fingerprint density at radius 2 is 2.05 bits per heavy atom. The molecule has 0 aliphatic heterocycles. The minimum Gasteiger partial charge on any atom is -0.481 e. The van der Waals surface area contributed by atoms with E-state index in [2.05, 4.69) is 26.6 Å². The highest BCUT2D eigenvalue weighted by Crippen LogP contribution is 2.17. The molecule has 116 valence electrons. The summed E-state index contributed by atoms with van der Waals surface area (Å²) in [4.78, 5) is 22.3. The summed E-state index contributed by atoms with van der Waals surface area (Å²) in [5, 5.41) is 14.2. The van der Waals surface area contributed by atoms with Crippen molar-refractivity contribution in [1.29, 1.82) is 0 Å². The smallest absolute Gasteiger partial charge is 0.315 e. The summed E-state index contributed by atoms with van der Waals surface area (Å²) < 4.78 is 0.969. The lowest BCUT2D eigenvalue weighted by Gasteiger charge is -2.17. The van der Waals surface area contributed by atoms with Crippen molar-refractivity contribution in [1.82, 2.24) is 10.6 Å². The molecule has 5 nitrogen and oxygen atoms in total. The fraction of sp³-hybridized carbons (Fsp3) is 0.467. The summed E-state index contributed by atoms with van der Waals surface area (Å²) in [6, 6.07) is 7.41. The lowest BCUT2D eigenvalue weighted by Crippen LogP contribution is -2.39. The van der Waals surface area contributed by atoms with E-state index in [4.69, 9.17) is 5.11 Å². The molecule has 0 aliphatic rings. The second-order valence-electron chi connectivity index (χ2n) is 5.17. The van der Waals surface area contributed by atoms with Crippen molar-refractivity contribution in [2.75, 3.05) is 6.54 Å². The van der Waals surface area contributed by atoms with Crippen molar-refractivity contribution >= 4 is 27.9 Å². The van der Waals surface area contributed by atoms with E-state index in [1.54, 1.807) is 0 Å². The van der Waals surface area contributed by atoms with Gasteiger partial charge >= 0.3 is 12.0 Å². The maximum Gasteiger partial charge on any atom is 0.315 e. The number of nitrogens with one attached hydrogen (secondary N) is 2. The van der Waals surface area contributed by atoms with Crippen LogP contribution in [0.15, 0.2) is 28.7 Å². The Balaban J connectivity index is 2.34. The lowest BCUT2D eigenvalue weighted by molar-refractivity contribution is -0.137. The van der Waals surface area contributed by atoms with Crippen LogP contribution in [-0.2, 0) is 4.79 Å². The summed E-state index contributed by atoms with van der Waals surface area (Å²) in [5.41, 5.74) is 1.01. The van der Waals surface area contributed by atoms with Gasteiger partial charge in [0, 0.05) is 17.4 Å². The number of rotatable bonds is 7. The van der Waals surface area contributed by atoms with Gasteiger partial charge in [0.1, 0.15) is 0 Å². The Bertz CT molecular complexity index is 494. The molecule has 0 saturated heterocycles. The van der Waals surface area contributed by atoms with Gasteiger partial charge in [-0.25, -0.2) is 4.79 Å². The van der Waals surface area contributed by atoms with Crippen LogP contribution in [0.25, 0.3) is 0 Å². The van der Waals surface area contributed by atoms with Gasteiger partial charge in [0.25, 0.3) is 0 Å². The Morgan fingerprint density at radius 1 is 1.33 bits per heavy atom. The zero-order chi connectivity index (χ0) is 15.8. The van der Waals surface area contributed by atoms with Gasteiger partial charge in [-0.1, -0.05) is 35.0 Å². The molecular formula is C15H21BrN2O3. The normalized spacial score (nSPS) is 13.3. The van der Waals surface area contributed by atoms with Crippen molar-refractivity contribution in [3.63, 3.8) is 0 Å². The molecule has 6 heteroatoms. The SMILES string of the molecule is CC(CCC(=O)O)CNC(=O)NC(C)c1cccc(Br)c1. The Kier molecular flexibility index (Phi) is 7.22. The number of benzene rings is 1. The van der Waals surface area contributed by atoms with Gasteiger partial charge in [0.15, 0.2) is 0 Å². The molecule has 1 aromatic rings. The largest absolute Gasteiger partial charge is 0.481 e. The van der Waals surface area contributed by atoms with E-state index in [9.17, 15) is 9.59 Å². The van der Waals surface area contributed by atoms with E-state index in [0.29, 0.717) is 13.0 Å². The highest BCUT2D eigenvalue weighted by Gasteiger charge is 2.11. The molecule has 2 unspecified atom stereocenters. The molecule has 3 N–H and O–H groups in total. The maximum atomic E-state index is 11.8. The van der Waals surface area contributed by atoms with Crippen LogP contribution in [0.3, 0.4) is 0 Å². The fourth-order valence-corrected chi connectivity index (χ4v) is 2.26. The van der Waals surface area contributed by atoms with Gasteiger partial charge in [-0.05, 0) is 37.0 Å². The summed E-state index contributed by atoms with van der Waals surface area (Å²) in [7, 11) is 0. The predicted molar refractivity (Wildman–Crippen MR) is 85.1 cm³/mol. The number of urea groups is 1. The summed E-state index contributed by atoms with van der Waals surface area (Å²) in [5.74, 6) is -0.678. The third-order valence-corrected chi connectivity index (χ3v) is 3.65. The molecule has 21 heavy (non-hydrogen) atoms. The van der Waals surface area contributed by atoms with Gasteiger partial charge in [0.2, 0.25) is 0 Å². The van der Waals surface area contributed by atoms with E-state index in [-0.39, 0.29) is 24.4 Å². The van der Waals surface area contributed by atoms with Crippen molar-refractivity contribution in [3.05, 3.63) is 34.3 Å². The molecule has 0 saturated carbocycles. The fourth-order valence-electron chi connectivity index (χ4n) is 1.85. The third-order valence-electron chi connectivity index (χ3n) is 3.16. The first-order valence-electron chi connectivity index (χ1n) is 6.90. The summed E-state index contributed by atoms with van der Waals surface area (Å²) in [6.45, 7) is 4.29. The lowest BCUT2D eigenvalue weighted by atomic mass is 10.1. The quantitative estimate of drug-likeness (QED) is 0.701. The van der Waals surface area contributed by atoms with Crippen LogP contribution in [0.1, 0.15) is 38.3 Å². The minimum atomic E-state index is -0.811. The van der Waals surface area contributed by atoms with E-state index in [0.717, 1.165) is 10.0 Å². The first-order valence-corrected chi connectivity index (χ1v) is 7.69. The molecule has 2 atom stereocenters. The number of amides is 2. The first-order chi connectivity index (χ1) is 9.88. The number of hydrogen-bond donors (Lipinski definition) is 3. The molecule has 0 aliphatic carbocycles. The van der Waals surface area contributed by atoms with Crippen LogP contribution in [0, 0.1) is 5.92 Å². The van der Waals surface area contributed by atoms with Crippen LogP contribution in [-0.4, -0.2) is 23.7 Å². The van der Waals surface area contributed by atoms with Crippen LogP contribution < -0.4 is 10.6 Å². The number of carboxylic acids is 1. The average Bonchev–Trinajstić information content (AvgIpc) is 2.42. The molecule has 0 heterocycles. The average molecular weight is 357 g/mol. The molecule has 1 aromatic carbocycles. The minimum absolute atomic E-state index is 0.100. The second-order valence-corrected chi connectivity index (χ2v) is 6.08. The molecule has 0 fully saturated rings. The molecule has 2 amide bonds. The molecular weight excluding hydrogens is 336 g/mol. The van der Waals surface area contributed by atoms with Crippen LogP contribution in [0.4, 0.5) is 4.79 Å². The van der Waals surface area contributed by atoms with E-state index in [1.165, 1.54) is 0 Å². The summed E-state index contributed by atoms with van der Waals surface area (Å²) >= 11 is 3.40. The maximum absolute atomic E-state index is 11.8. The number of hydrogen-bond acceptors (Lipinski definition) is 2. The first kappa shape index (κ1) is 17.5. The Labute approximate surface area is 133 Å². The van der Waals surface area contributed by atoms with Gasteiger partial charge in [-0.15, -0.1) is 0 Å². The zero-order valence-corrected chi connectivity index (χ0v) is 13.8. The molecule has 0 radical (unpaired) electrons. The highest BCUT2D eigenvalue weighted by molar-refractivity contribution is 9.10. The van der Waals surface area contributed by atoms with Crippen molar-refractivity contribution in [3.8, 4) is 0 Å². The number of halogens is 1. The third kappa shape index (κ3) is 7.13. The van der Waals surface area contributed by atoms with Crippen molar-refractivity contribution < 1.29 is 14.7 Å². The number of aliphatic carboxylic acids is 1. The summed E-state index contributed by atoms with van der Waals surface area (Å²) in [6.07, 6.45) is 0.676. The monoisotopic (exact) mass is 356 g/mol. The zero-order valence-electron chi connectivity index (χ0n) is 12.2. The number of carbonyl (C=O) groups excluding carboxylic acids is 1. The van der Waals surface area contributed by atoms with Crippen molar-refractivity contribution in [2.45, 2.75) is 32.7 Å². The van der Waals surface area contributed by atoms with Crippen LogP contribution in [0.2, 0.25) is 0 Å². The van der Waals surface area contributed by atoms with E-state index < -0.39 is 5.97 Å².